The molecule has 1 amide bonds. The van der Waals surface area contributed by atoms with Crippen molar-refractivity contribution in [3.8, 4) is 11.3 Å². The van der Waals surface area contributed by atoms with Gasteiger partial charge in [0.05, 0.1) is 4.92 Å². The number of carbonyl (C=O) groups excluding carboxylic acids is 1. The van der Waals surface area contributed by atoms with Crippen LogP contribution >= 0.6 is 0 Å². The molecular formula is C23H22N4O3. The summed E-state index contributed by atoms with van der Waals surface area (Å²) in [4.78, 5) is 29.4. The van der Waals surface area contributed by atoms with Gasteiger partial charge >= 0.3 is 0 Å². The van der Waals surface area contributed by atoms with Crippen LogP contribution in [0.3, 0.4) is 0 Å². The van der Waals surface area contributed by atoms with Crippen molar-refractivity contribution in [2.75, 3.05) is 11.9 Å². The Kier molecular flexibility index (Phi) is 5.70. The predicted octanol–water partition coefficient (Wildman–Crippen LogP) is 4.39. The fraction of sp³-hybridized carbons (Fsp3) is 0.217. The SMILES string of the molecule is O=C1CCCN1Cc1ccccc1CNc1ccc([N+](=O)[O-])c(-c2ccccc2)n1. The molecule has 1 saturated heterocycles. The van der Waals surface area contributed by atoms with Crippen LogP contribution in [-0.4, -0.2) is 27.3 Å². The summed E-state index contributed by atoms with van der Waals surface area (Å²) in [6, 6.07) is 20.2. The molecule has 152 valence electrons. The summed E-state index contributed by atoms with van der Waals surface area (Å²) in [7, 11) is 0. The van der Waals surface area contributed by atoms with Gasteiger partial charge in [0.2, 0.25) is 5.91 Å². The number of nitrogens with zero attached hydrogens (tertiary/aromatic N) is 3. The molecule has 0 unspecified atom stereocenters. The van der Waals surface area contributed by atoms with Crippen LogP contribution in [0.25, 0.3) is 11.3 Å². The van der Waals surface area contributed by atoms with E-state index in [0.717, 1.165) is 24.1 Å². The first-order chi connectivity index (χ1) is 14.6. The van der Waals surface area contributed by atoms with E-state index >= 15 is 0 Å². The van der Waals surface area contributed by atoms with Crippen LogP contribution in [0, 0.1) is 10.1 Å². The maximum Gasteiger partial charge on any atom is 0.295 e. The molecule has 0 radical (unpaired) electrons. The lowest BCUT2D eigenvalue weighted by atomic mass is 10.1. The summed E-state index contributed by atoms with van der Waals surface area (Å²) in [6.07, 6.45) is 1.53. The number of benzene rings is 2. The molecule has 0 spiro atoms. The zero-order chi connectivity index (χ0) is 20.9. The van der Waals surface area contributed by atoms with Crippen molar-refractivity contribution in [1.29, 1.82) is 0 Å². The standard InChI is InChI=1S/C23H22N4O3/c28-22-11-6-14-26(22)16-19-10-5-4-9-18(19)15-24-21-13-12-20(27(29)30)23(25-21)17-7-2-1-3-8-17/h1-5,7-10,12-13H,6,11,14-16H2,(H,24,25). The molecule has 1 aliphatic rings. The number of likely N-dealkylation sites (tertiary alicyclic amines) is 1. The summed E-state index contributed by atoms with van der Waals surface area (Å²) >= 11 is 0. The molecular weight excluding hydrogens is 380 g/mol. The smallest absolute Gasteiger partial charge is 0.295 e. The van der Waals surface area contributed by atoms with Gasteiger partial charge < -0.3 is 10.2 Å². The fourth-order valence-corrected chi connectivity index (χ4v) is 3.65. The van der Waals surface area contributed by atoms with E-state index in [1.54, 1.807) is 6.07 Å². The highest BCUT2D eigenvalue weighted by Gasteiger charge is 2.21. The molecule has 0 aliphatic carbocycles. The first-order valence-corrected chi connectivity index (χ1v) is 9.91. The molecule has 7 heteroatoms. The number of nitrogens with one attached hydrogen (secondary N) is 1. The van der Waals surface area contributed by atoms with Crippen molar-refractivity contribution in [3.63, 3.8) is 0 Å². The topological polar surface area (TPSA) is 88.4 Å². The first kappa shape index (κ1) is 19.6. The average molecular weight is 402 g/mol. The number of nitro groups is 1. The maximum absolute atomic E-state index is 12.0. The third kappa shape index (κ3) is 4.30. The van der Waals surface area contributed by atoms with Gasteiger partial charge in [0.15, 0.2) is 5.69 Å². The van der Waals surface area contributed by atoms with Gasteiger partial charge in [0.1, 0.15) is 5.82 Å². The van der Waals surface area contributed by atoms with E-state index in [9.17, 15) is 14.9 Å². The lowest BCUT2D eigenvalue weighted by Crippen LogP contribution is -2.24. The Bertz CT molecular complexity index is 1070. The summed E-state index contributed by atoms with van der Waals surface area (Å²) < 4.78 is 0. The van der Waals surface area contributed by atoms with Crippen LogP contribution in [0.1, 0.15) is 24.0 Å². The third-order valence-corrected chi connectivity index (χ3v) is 5.23. The number of hydrogen-bond donors (Lipinski definition) is 1. The van der Waals surface area contributed by atoms with Gasteiger partial charge in [-0.2, -0.15) is 0 Å². The molecule has 4 rings (SSSR count). The number of carbonyl (C=O) groups is 1. The summed E-state index contributed by atoms with van der Waals surface area (Å²) in [5.41, 5.74) is 3.16. The maximum atomic E-state index is 12.0. The zero-order valence-corrected chi connectivity index (χ0v) is 16.5. The number of rotatable bonds is 7. The summed E-state index contributed by atoms with van der Waals surface area (Å²) in [5, 5.41) is 14.7. The molecule has 7 nitrogen and oxygen atoms in total. The van der Waals surface area contributed by atoms with Crippen molar-refractivity contribution in [1.82, 2.24) is 9.88 Å². The molecule has 1 fully saturated rings. The van der Waals surface area contributed by atoms with Gasteiger partial charge in [-0.3, -0.25) is 14.9 Å². The summed E-state index contributed by atoms with van der Waals surface area (Å²) in [6.45, 7) is 1.90. The molecule has 1 aliphatic heterocycles. The molecule has 1 aromatic heterocycles. The lowest BCUT2D eigenvalue weighted by Gasteiger charge is -2.18. The van der Waals surface area contributed by atoms with Gasteiger partial charge in [0, 0.05) is 37.7 Å². The number of aromatic nitrogens is 1. The number of amides is 1. The number of pyridine rings is 1. The van der Waals surface area contributed by atoms with Crippen LogP contribution in [0.4, 0.5) is 11.5 Å². The highest BCUT2D eigenvalue weighted by atomic mass is 16.6. The molecule has 0 bridgehead atoms. The van der Waals surface area contributed by atoms with E-state index in [0.29, 0.717) is 36.6 Å². The Morgan fingerprint density at radius 3 is 2.43 bits per heavy atom. The fourth-order valence-electron chi connectivity index (χ4n) is 3.65. The number of anilines is 1. The van der Waals surface area contributed by atoms with E-state index in [4.69, 9.17) is 0 Å². The van der Waals surface area contributed by atoms with Gasteiger partial charge in [-0.15, -0.1) is 0 Å². The van der Waals surface area contributed by atoms with Crippen molar-refractivity contribution in [3.05, 3.63) is 88.0 Å². The molecule has 1 N–H and O–H groups in total. The van der Waals surface area contributed by atoms with Crippen molar-refractivity contribution in [2.45, 2.75) is 25.9 Å². The molecule has 0 atom stereocenters. The van der Waals surface area contributed by atoms with Crippen LogP contribution < -0.4 is 5.32 Å². The highest BCUT2D eigenvalue weighted by Crippen LogP contribution is 2.29. The van der Waals surface area contributed by atoms with E-state index in [1.807, 2.05) is 59.5 Å². The van der Waals surface area contributed by atoms with Gasteiger partial charge in [0.25, 0.3) is 5.69 Å². The Morgan fingerprint density at radius 2 is 1.73 bits per heavy atom. The van der Waals surface area contributed by atoms with Crippen molar-refractivity contribution in [2.24, 2.45) is 0 Å². The quantitative estimate of drug-likeness (QED) is 0.468. The van der Waals surface area contributed by atoms with Gasteiger partial charge in [-0.25, -0.2) is 4.98 Å². The number of hydrogen-bond acceptors (Lipinski definition) is 5. The molecule has 3 aromatic rings. The third-order valence-electron chi connectivity index (χ3n) is 5.23. The van der Waals surface area contributed by atoms with E-state index in [-0.39, 0.29) is 11.6 Å². The Morgan fingerprint density at radius 1 is 1.00 bits per heavy atom. The Balaban J connectivity index is 1.55. The second-order valence-corrected chi connectivity index (χ2v) is 7.23. The second kappa shape index (κ2) is 8.73. The molecule has 2 heterocycles. The predicted molar refractivity (Wildman–Crippen MR) is 115 cm³/mol. The Hall–Kier alpha value is -3.74. The van der Waals surface area contributed by atoms with Gasteiger partial charge in [-0.05, 0) is 23.6 Å². The van der Waals surface area contributed by atoms with Crippen molar-refractivity contribution < 1.29 is 9.72 Å². The average Bonchev–Trinajstić information content (AvgIpc) is 3.18. The van der Waals surface area contributed by atoms with E-state index in [1.165, 1.54) is 6.07 Å². The molecule has 30 heavy (non-hydrogen) atoms. The first-order valence-electron chi connectivity index (χ1n) is 9.91. The van der Waals surface area contributed by atoms with Crippen LogP contribution in [0.5, 0.6) is 0 Å². The second-order valence-electron chi connectivity index (χ2n) is 7.23. The molecule has 0 saturated carbocycles. The molecule has 2 aromatic carbocycles. The minimum Gasteiger partial charge on any atom is -0.366 e. The minimum atomic E-state index is -0.415. The van der Waals surface area contributed by atoms with Gasteiger partial charge in [-0.1, -0.05) is 54.6 Å². The van der Waals surface area contributed by atoms with Crippen LogP contribution in [-0.2, 0) is 17.9 Å². The normalized spacial score (nSPS) is 13.5. The zero-order valence-electron chi connectivity index (χ0n) is 16.5. The lowest BCUT2D eigenvalue weighted by molar-refractivity contribution is -0.384. The summed E-state index contributed by atoms with van der Waals surface area (Å²) in [5.74, 6) is 0.758. The Labute approximate surface area is 174 Å². The monoisotopic (exact) mass is 402 g/mol. The van der Waals surface area contributed by atoms with Crippen LogP contribution in [0.2, 0.25) is 0 Å². The highest BCUT2D eigenvalue weighted by molar-refractivity contribution is 5.78. The largest absolute Gasteiger partial charge is 0.366 e. The van der Waals surface area contributed by atoms with Crippen LogP contribution in [0.15, 0.2) is 66.7 Å². The van der Waals surface area contributed by atoms with E-state index < -0.39 is 4.92 Å². The minimum absolute atomic E-state index is 0.0281. The van der Waals surface area contributed by atoms with E-state index in [2.05, 4.69) is 10.3 Å². The van der Waals surface area contributed by atoms with Crippen molar-refractivity contribution >= 4 is 17.4 Å².